The fraction of sp³-hybridized carbons (Fsp3) is 0.744. The maximum Gasteiger partial charge on any atom is 0.472 e. The van der Waals surface area contributed by atoms with E-state index in [2.05, 4.69) is 123 Å². The number of esters is 1. The smallest absolute Gasteiger partial charge is 0.456 e. The molecule has 0 aliphatic heterocycles. The molecule has 0 spiro atoms. The number of nitrogens with one attached hydrogen (secondary N) is 1. The number of carbonyl (C=O) groups is 2. The molecule has 0 fully saturated rings. The minimum atomic E-state index is -4.47. The molecule has 0 aliphatic carbocycles. The molecule has 0 radical (unpaired) electrons. The fourth-order valence-electron chi connectivity index (χ4n) is 10.3. The minimum Gasteiger partial charge on any atom is -0.456 e. The Hall–Kier alpha value is -3.33. The summed E-state index contributed by atoms with van der Waals surface area (Å²) >= 11 is 0. The molecular formula is C78H140N2O7P+. The molecule has 508 valence electrons. The maximum atomic E-state index is 13.6. The quantitative estimate of drug-likeness (QED) is 0.0205. The summed E-state index contributed by atoms with van der Waals surface area (Å²) in [6, 6.07) is -0.863. The average Bonchev–Trinajstić information content (AvgIpc) is 3.66. The summed E-state index contributed by atoms with van der Waals surface area (Å²) in [5.74, 6) is -0.519. The van der Waals surface area contributed by atoms with Gasteiger partial charge < -0.3 is 19.4 Å². The molecule has 10 heteroatoms. The van der Waals surface area contributed by atoms with Crippen molar-refractivity contribution in [3.05, 3.63) is 109 Å². The van der Waals surface area contributed by atoms with Crippen LogP contribution in [0.3, 0.4) is 0 Å². The molecule has 2 N–H and O–H groups in total. The van der Waals surface area contributed by atoms with Gasteiger partial charge in [0.15, 0.2) is 0 Å². The number of phosphoric ester groups is 1. The molecule has 0 rings (SSSR count). The second-order valence-corrected chi connectivity index (χ2v) is 27.2. The van der Waals surface area contributed by atoms with Gasteiger partial charge in [-0.05, 0) is 122 Å². The van der Waals surface area contributed by atoms with Gasteiger partial charge >= 0.3 is 13.8 Å². The van der Waals surface area contributed by atoms with Crippen molar-refractivity contribution in [3.63, 3.8) is 0 Å². The number of quaternary nitrogens is 1. The summed E-state index contributed by atoms with van der Waals surface area (Å²) in [7, 11) is 1.48. The molecule has 0 aromatic heterocycles. The molecule has 1 amide bonds. The van der Waals surface area contributed by atoms with Crippen molar-refractivity contribution in [3.8, 4) is 0 Å². The van der Waals surface area contributed by atoms with Crippen LogP contribution in [0.15, 0.2) is 109 Å². The first kappa shape index (κ1) is 84.7. The summed E-state index contributed by atoms with van der Waals surface area (Å²) in [5.41, 5.74) is 0. The Bertz CT molecular complexity index is 1870. The highest BCUT2D eigenvalue weighted by Gasteiger charge is 2.30. The number of nitrogens with zero attached hydrogens (tertiary/aromatic N) is 1. The largest absolute Gasteiger partial charge is 0.472 e. The average molecular weight is 1250 g/mol. The molecule has 0 aromatic carbocycles. The first-order valence-electron chi connectivity index (χ1n) is 36.7. The fourth-order valence-corrected chi connectivity index (χ4v) is 11.0. The Balaban J connectivity index is 5.07. The van der Waals surface area contributed by atoms with E-state index in [4.69, 9.17) is 13.8 Å². The second-order valence-electron chi connectivity index (χ2n) is 25.8. The lowest BCUT2D eigenvalue weighted by molar-refractivity contribution is -0.870. The monoisotopic (exact) mass is 1250 g/mol. The highest BCUT2D eigenvalue weighted by Crippen LogP contribution is 2.43. The van der Waals surface area contributed by atoms with Crippen LogP contribution in [-0.4, -0.2) is 74.3 Å². The first-order valence-corrected chi connectivity index (χ1v) is 38.2. The van der Waals surface area contributed by atoms with Gasteiger partial charge in [0.05, 0.1) is 33.8 Å². The van der Waals surface area contributed by atoms with Gasteiger partial charge in [0, 0.05) is 12.8 Å². The zero-order valence-corrected chi connectivity index (χ0v) is 59.1. The Labute approximate surface area is 544 Å². The van der Waals surface area contributed by atoms with Crippen LogP contribution >= 0.6 is 7.82 Å². The van der Waals surface area contributed by atoms with Gasteiger partial charge in [-0.3, -0.25) is 18.6 Å². The van der Waals surface area contributed by atoms with E-state index in [0.29, 0.717) is 17.4 Å². The number of carbonyl (C=O) groups excluding carboxylic acids is 2. The third kappa shape index (κ3) is 67.1. The summed E-state index contributed by atoms with van der Waals surface area (Å²) < 4.78 is 30.8. The number of amides is 1. The molecule has 0 bridgehead atoms. The molecule has 0 aromatic rings. The second kappa shape index (κ2) is 66.6. The van der Waals surface area contributed by atoms with Crippen LogP contribution in [0.5, 0.6) is 0 Å². The van der Waals surface area contributed by atoms with Crippen LogP contribution in [0.2, 0.25) is 0 Å². The molecular weight excluding hydrogens is 1110 g/mol. The number of phosphoric acid groups is 1. The number of unbranched alkanes of at least 4 members (excludes halogenated alkanes) is 34. The molecule has 0 saturated heterocycles. The van der Waals surface area contributed by atoms with E-state index in [0.717, 1.165) is 109 Å². The van der Waals surface area contributed by atoms with E-state index >= 15 is 0 Å². The number of rotatable bonds is 66. The highest BCUT2D eigenvalue weighted by molar-refractivity contribution is 7.47. The van der Waals surface area contributed by atoms with E-state index in [1.807, 2.05) is 33.3 Å². The van der Waals surface area contributed by atoms with Crippen molar-refractivity contribution in [1.82, 2.24) is 5.32 Å². The lowest BCUT2D eigenvalue weighted by atomic mass is 10.0. The van der Waals surface area contributed by atoms with Gasteiger partial charge in [-0.15, -0.1) is 0 Å². The lowest BCUT2D eigenvalue weighted by Gasteiger charge is -2.27. The highest BCUT2D eigenvalue weighted by atomic mass is 31.2. The van der Waals surface area contributed by atoms with Crippen LogP contribution in [-0.2, 0) is 27.9 Å². The standard InChI is InChI=1S/C78H139N2O7P/c1-7-10-13-16-19-22-25-28-30-32-34-36-38-39-40-41-43-44-46-48-50-52-55-58-61-64-67-70-77(81)79-75(74-86-88(83,84)85-73-72-80(4,5)6)76(69-66-63-60-57-54-27-24-21-18-15-12-9-3)87-78(82)71-68-65-62-59-56-53-51-49-47-45-42-37-35-33-31-29-26-23-20-17-14-11-8-2/h19-20,22-23,28-31,34-37,39-40,45,47,66,69,75-76H,7-18,21,24-27,32-33,38,41-44,46,48-65,67-68,70-74H2,1-6H3,(H-,79,81,83,84)/p+1/b22-19-,23-20-,30-28-,31-29-,36-34-,37-35-,40-39-,47-45-,69-66-. The van der Waals surface area contributed by atoms with E-state index in [1.165, 1.54) is 180 Å². The predicted octanol–water partition coefficient (Wildman–Crippen LogP) is 23.6. The molecule has 3 unspecified atom stereocenters. The SMILES string of the molecule is CCCCC/C=C\C/C=C\C/C=C\C/C=C\CCCCCCCCCCCCCC(=O)NC(COP(=O)(O)OCC[N+](C)(C)C)C(/C=C\CCCCCCCCCCCC)OC(=O)CCCCCCCCC/C=C\C/C=C\C/C=C\C/C=C\CCCCC. The third-order valence-corrected chi connectivity index (χ3v) is 16.9. The van der Waals surface area contributed by atoms with Crippen molar-refractivity contribution in [2.45, 2.75) is 335 Å². The lowest BCUT2D eigenvalue weighted by Crippen LogP contribution is -2.47. The number of hydrogen-bond donors (Lipinski definition) is 2. The van der Waals surface area contributed by atoms with Crippen LogP contribution in [0.4, 0.5) is 0 Å². The molecule has 0 aliphatic rings. The predicted molar refractivity (Wildman–Crippen MR) is 383 cm³/mol. The first-order chi connectivity index (χ1) is 42.9. The Morgan fingerprint density at radius 2 is 0.693 bits per heavy atom. The van der Waals surface area contributed by atoms with E-state index in [-0.39, 0.29) is 31.5 Å². The molecule has 88 heavy (non-hydrogen) atoms. The van der Waals surface area contributed by atoms with Crippen molar-refractivity contribution in [2.75, 3.05) is 40.9 Å². The van der Waals surface area contributed by atoms with Crippen LogP contribution < -0.4 is 5.32 Å². The number of allylic oxidation sites excluding steroid dienone is 17. The zero-order valence-electron chi connectivity index (χ0n) is 58.2. The number of likely N-dealkylation sites (N-methyl/N-ethyl adjacent to an activating group) is 1. The zero-order chi connectivity index (χ0) is 64.2. The van der Waals surface area contributed by atoms with Crippen molar-refractivity contribution < 1.29 is 37.3 Å². The van der Waals surface area contributed by atoms with Gasteiger partial charge in [-0.1, -0.05) is 297 Å². The molecule has 3 atom stereocenters. The van der Waals surface area contributed by atoms with Crippen LogP contribution in [0.1, 0.15) is 323 Å². The molecule has 0 heterocycles. The van der Waals surface area contributed by atoms with Crippen LogP contribution in [0.25, 0.3) is 0 Å². The van der Waals surface area contributed by atoms with Gasteiger partial charge in [-0.25, -0.2) is 4.57 Å². The van der Waals surface area contributed by atoms with E-state index < -0.39 is 20.0 Å². The molecule has 9 nitrogen and oxygen atoms in total. The normalized spacial score (nSPS) is 14.1. The van der Waals surface area contributed by atoms with Crippen molar-refractivity contribution in [2.24, 2.45) is 0 Å². The van der Waals surface area contributed by atoms with Gasteiger partial charge in [0.1, 0.15) is 19.3 Å². The van der Waals surface area contributed by atoms with Crippen molar-refractivity contribution in [1.29, 1.82) is 0 Å². The Morgan fingerprint density at radius 3 is 1.06 bits per heavy atom. The number of ether oxygens (including phenoxy) is 1. The van der Waals surface area contributed by atoms with Gasteiger partial charge in [0.25, 0.3) is 0 Å². The van der Waals surface area contributed by atoms with Crippen molar-refractivity contribution >= 4 is 19.7 Å². The van der Waals surface area contributed by atoms with E-state index in [9.17, 15) is 19.0 Å². The maximum absolute atomic E-state index is 13.6. The third-order valence-electron chi connectivity index (χ3n) is 15.9. The van der Waals surface area contributed by atoms with Gasteiger partial charge in [-0.2, -0.15) is 0 Å². The van der Waals surface area contributed by atoms with E-state index in [1.54, 1.807) is 0 Å². The topological polar surface area (TPSA) is 111 Å². The summed E-state index contributed by atoms with van der Waals surface area (Å²) in [6.07, 6.45) is 92.4. The summed E-state index contributed by atoms with van der Waals surface area (Å²) in [4.78, 5) is 37.9. The Morgan fingerprint density at radius 1 is 0.398 bits per heavy atom. The minimum absolute atomic E-state index is 0.0332. The Kier molecular flexibility index (Phi) is 64.1. The van der Waals surface area contributed by atoms with Gasteiger partial charge in [0.2, 0.25) is 5.91 Å². The molecule has 0 saturated carbocycles. The summed E-state index contributed by atoms with van der Waals surface area (Å²) in [6.45, 7) is 6.96. The van der Waals surface area contributed by atoms with Crippen LogP contribution in [0, 0.1) is 0 Å². The summed E-state index contributed by atoms with van der Waals surface area (Å²) in [5, 5.41) is 3.07. The number of hydrogen-bond acceptors (Lipinski definition) is 6.